The summed E-state index contributed by atoms with van der Waals surface area (Å²) in [4.78, 5) is 16.6. The third-order valence-corrected chi connectivity index (χ3v) is 4.82. The van der Waals surface area contributed by atoms with Crippen LogP contribution >= 0.6 is 0 Å². The Morgan fingerprint density at radius 3 is 2.45 bits per heavy atom. The SMILES string of the molecule is CCCCCC(=O)Nc1ccc(-n2nc(OCCOC)nc2-c2ccc(C)cc2)cc1. The van der Waals surface area contributed by atoms with Crippen molar-refractivity contribution in [2.75, 3.05) is 25.6 Å². The second-order valence-electron chi connectivity index (χ2n) is 7.39. The number of nitrogens with zero attached hydrogens (tertiary/aromatic N) is 3. The fourth-order valence-corrected chi connectivity index (χ4v) is 3.09. The maximum atomic E-state index is 12.1. The number of unbranched alkanes of at least 4 members (excludes halogenated alkanes) is 2. The first-order valence-electron chi connectivity index (χ1n) is 10.7. The Morgan fingerprint density at radius 1 is 1.03 bits per heavy atom. The summed E-state index contributed by atoms with van der Waals surface area (Å²) < 4.78 is 12.4. The van der Waals surface area contributed by atoms with Gasteiger partial charge in [0.2, 0.25) is 5.91 Å². The number of hydrogen-bond donors (Lipinski definition) is 1. The zero-order valence-electron chi connectivity index (χ0n) is 18.4. The molecule has 0 spiro atoms. The molecule has 0 unspecified atom stereocenters. The Hall–Kier alpha value is -3.19. The van der Waals surface area contributed by atoms with Gasteiger partial charge >= 0.3 is 6.01 Å². The molecule has 0 aliphatic heterocycles. The molecular weight excluding hydrogens is 392 g/mol. The second kappa shape index (κ2) is 11.3. The van der Waals surface area contributed by atoms with Gasteiger partial charge in [-0.05, 0) is 37.6 Å². The van der Waals surface area contributed by atoms with Gasteiger partial charge in [-0.1, -0.05) is 49.6 Å². The number of carbonyl (C=O) groups excluding carboxylic acids is 1. The molecule has 1 amide bonds. The van der Waals surface area contributed by atoms with Gasteiger partial charge in [0.15, 0.2) is 5.82 Å². The lowest BCUT2D eigenvalue weighted by atomic mass is 10.1. The van der Waals surface area contributed by atoms with Crippen molar-refractivity contribution in [2.24, 2.45) is 0 Å². The van der Waals surface area contributed by atoms with Crippen molar-refractivity contribution in [2.45, 2.75) is 39.5 Å². The van der Waals surface area contributed by atoms with Crippen molar-refractivity contribution >= 4 is 11.6 Å². The van der Waals surface area contributed by atoms with E-state index in [-0.39, 0.29) is 5.91 Å². The minimum atomic E-state index is 0.0381. The first-order chi connectivity index (χ1) is 15.1. The summed E-state index contributed by atoms with van der Waals surface area (Å²) in [5.41, 5.74) is 3.70. The molecule has 7 nitrogen and oxygen atoms in total. The largest absolute Gasteiger partial charge is 0.460 e. The molecule has 0 radical (unpaired) electrons. The average molecular weight is 423 g/mol. The number of methoxy groups -OCH3 is 1. The van der Waals surface area contributed by atoms with Crippen LogP contribution in [0.5, 0.6) is 6.01 Å². The molecule has 164 valence electrons. The predicted molar refractivity (Wildman–Crippen MR) is 122 cm³/mol. The van der Waals surface area contributed by atoms with Gasteiger partial charge in [0.1, 0.15) is 6.61 Å². The van der Waals surface area contributed by atoms with Crippen LogP contribution in [0.25, 0.3) is 17.1 Å². The molecule has 0 saturated carbocycles. The molecule has 0 aliphatic rings. The zero-order chi connectivity index (χ0) is 22.1. The van der Waals surface area contributed by atoms with Crippen LogP contribution in [0.3, 0.4) is 0 Å². The number of rotatable bonds is 11. The van der Waals surface area contributed by atoms with Gasteiger partial charge < -0.3 is 14.8 Å². The Labute approximate surface area is 183 Å². The highest BCUT2D eigenvalue weighted by Crippen LogP contribution is 2.25. The van der Waals surface area contributed by atoms with Crippen molar-refractivity contribution in [1.29, 1.82) is 0 Å². The van der Waals surface area contributed by atoms with E-state index in [9.17, 15) is 4.79 Å². The van der Waals surface area contributed by atoms with Crippen molar-refractivity contribution in [3.8, 4) is 23.1 Å². The molecule has 7 heteroatoms. The van der Waals surface area contributed by atoms with E-state index < -0.39 is 0 Å². The van der Waals surface area contributed by atoms with E-state index in [0.29, 0.717) is 31.5 Å². The molecule has 0 aliphatic carbocycles. The molecule has 1 heterocycles. The zero-order valence-corrected chi connectivity index (χ0v) is 18.4. The van der Waals surface area contributed by atoms with Crippen LogP contribution in [0, 0.1) is 6.92 Å². The number of nitrogens with one attached hydrogen (secondary N) is 1. The van der Waals surface area contributed by atoms with Crippen molar-refractivity contribution in [3.63, 3.8) is 0 Å². The number of ether oxygens (including phenoxy) is 2. The van der Waals surface area contributed by atoms with Gasteiger partial charge in [0.05, 0.1) is 12.3 Å². The van der Waals surface area contributed by atoms with E-state index in [4.69, 9.17) is 9.47 Å². The molecule has 31 heavy (non-hydrogen) atoms. The molecule has 0 fully saturated rings. The summed E-state index contributed by atoms with van der Waals surface area (Å²) in [5, 5.41) is 7.48. The van der Waals surface area contributed by atoms with Crippen LogP contribution in [0.1, 0.15) is 38.2 Å². The smallest absolute Gasteiger partial charge is 0.336 e. The fourth-order valence-electron chi connectivity index (χ4n) is 3.09. The molecule has 3 rings (SSSR count). The molecule has 0 atom stereocenters. The van der Waals surface area contributed by atoms with E-state index >= 15 is 0 Å². The molecule has 2 aromatic carbocycles. The normalized spacial score (nSPS) is 10.8. The number of amides is 1. The molecule has 0 saturated heterocycles. The quantitative estimate of drug-likeness (QED) is 0.450. The van der Waals surface area contributed by atoms with Gasteiger partial charge in [-0.25, -0.2) is 4.68 Å². The van der Waals surface area contributed by atoms with Crippen LogP contribution in [0.2, 0.25) is 0 Å². The first-order valence-corrected chi connectivity index (χ1v) is 10.7. The number of aromatic nitrogens is 3. The number of benzene rings is 2. The highest BCUT2D eigenvalue weighted by Gasteiger charge is 2.15. The van der Waals surface area contributed by atoms with Crippen LogP contribution in [-0.2, 0) is 9.53 Å². The van der Waals surface area contributed by atoms with Gasteiger partial charge in [-0.15, -0.1) is 5.10 Å². The van der Waals surface area contributed by atoms with Crippen molar-refractivity contribution in [1.82, 2.24) is 14.8 Å². The minimum absolute atomic E-state index is 0.0381. The maximum Gasteiger partial charge on any atom is 0.336 e. The van der Waals surface area contributed by atoms with E-state index in [1.165, 1.54) is 5.56 Å². The number of hydrogen-bond acceptors (Lipinski definition) is 5. The van der Waals surface area contributed by atoms with E-state index in [2.05, 4.69) is 22.3 Å². The van der Waals surface area contributed by atoms with Crippen LogP contribution < -0.4 is 10.1 Å². The van der Waals surface area contributed by atoms with Crippen molar-refractivity contribution < 1.29 is 14.3 Å². The molecule has 0 bridgehead atoms. The lowest BCUT2D eigenvalue weighted by molar-refractivity contribution is -0.116. The second-order valence-corrected chi connectivity index (χ2v) is 7.39. The summed E-state index contributed by atoms with van der Waals surface area (Å²) in [7, 11) is 1.62. The maximum absolute atomic E-state index is 12.1. The average Bonchev–Trinajstić information content (AvgIpc) is 3.19. The fraction of sp³-hybridized carbons (Fsp3) is 0.375. The molecular formula is C24H30N4O3. The summed E-state index contributed by atoms with van der Waals surface area (Å²) in [5.74, 6) is 0.722. The first kappa shape index (κ1) is 22.5. The molecule has 3 aromatic rings. The number of carbonyl (C=O) groups is 1. The monoisotopic (exact) mass is 422 g/mol. The van der Waals surface area contributed by atoms with E-state index in [1.54, 1.807) is 11.8 Å². The Kier molecular flexibility index (Phi) is 8.18. The Morgan fingerprint density at radius 2 is 1.77 bits per heavy atom. The van der Waals surface area contributed by atoms with E-state index in [0.717, 1.165) is 36.2 Å². The highest BCUT2D eigenvalue weighted by molar-refractivity contribution is 5.90. The Balaban J connectivity index is 1.81. The van der Waals surface area contributed by atoms with E-state index in [1.807, 2.05) is 55.5 Å². The topological polar surface area (TPSA) is 78.3 Å². The summed E-state index contributed by atoms with van der Waals surface area (Å²) in [6, 6.07) is 16.0. The minimum Gasteiger partial charge on any atom is -0.460 e. The summed E-state index contributed by atoms with van der Waals surface area (Å²) >= 11 is 0. The molecule has 1 N–H and O–H groups in total. The Bertz CT molecular complexity index is 965. The van der Waals surface area contributed by atoms with Crippen LogP contribution in [0.15, 0.2) is 48.5 Å². The third-order valence-electron chi connectivity index (χ3n) is 4.82. The third kappa shape index (κ3) is 6.39. The van der Waals surface area contributed by atoms with Gasteiger partial charge in [0.25, 0.3) is 0 Å². The van der Waals surface area contributed by atoms with Gasteiger partial charge in [-0.2, -0.15) is 4.98 Å². The van der Waals surface area contributed by atoms with Crippen molar-refractivity contribution in [3.05, 3.63) is 54.1 Å². The number of aryl methyl sites for hydroxylation is 1. The highest BCUT2D eigenvalue weighted by atomic mass is 16.5. The lowest BCUT2D eigenvalue weighted by Gasteiger charge is -2.08. The van der Waals surface area contributed by atoms with Gasteiger partial charge in [-0.3, -0.25) is 4.79 Å². The number of anilines is 1. The van der Waals surface area contributed by atoms with Crippen LogP contribution in [0.4, 0.5) is 5.69 Å². The van der Waals surface area contributed by atoms with Crippen LogP contribution in [-0.4, -0.2) is 41.0 Å². The summed E-state index contributed by atoms with van der Waals surface area (Å²) in [6.07, 6.45) is 3.61. The predicted octanol–water partition coefficient (Wildman–Crippen LogP) is 4.79. The summed E-state index contributed by atoms with van der Waals surface area (Å²) in [6.45, 7) is 5.00. The van der Waals surface area contributed by atoms with Gasteiger partial charge in [0, 0.05) is 24.8 Å². The standard InChI is InChI=1S/C24H30N4O3/c1-4-5-6-7-22(29)25-20-12-14-21(15-13-20)28-23(19-10-8-18(2)9-11-19)26-24(27-28)31-17-16-30-3/h8-15H,4-7,16-17H2,1-3H3,(H,25,29). The lowest BCUT2D eigenvalue weighted by Crippen LogP contribution is -2.11. The molecule has 1 aromatic heterocycles.